The second kappa shape index (κ2) is 4.95. The largest absolute Gasteiger partial charge is 0.367 e. The SMILES string of the molecule is Cc1ccc(N(C)C2CC(N)c3ccccc32)c(C)c1. The van der Waals surface area contributed by atoms with E-state index in [9.17, 15) is 0 Å². The maximum absolute atomic E-state index is 6.29. The summed E-state index contributed by atoms with van der Waals surface area (Å²) in [6, 6.07) is 15.7. The first-order chi connectivity index (χ1) is 9.58. The summed E-state index contributed by atoms with van der Waals surface area (Å²) in [5.74, 6) is 0. The van der Waals surface area contributed by atoms with Crippen molar-refractivity contribution >= 4 is 5.69 Å². The molecule has 2 nitrogen and oxygen atoms in total. The first-order valence-corrected chi connectivity index (χ1v) is 7.22. The first kappa shape index (κ1) is 13.2. The highest BCUT2D eigenvalue weighted by Gasteiger charge is 2.31. The van der Waals surface area contributed by atoms with Crippen molar-refractivity contribution in [2.75, 3.05) is 11.9 Å². The lowest BCUT2D eigenvalue weighted by Crippen LogP contribution is -2.23. The van der Waals surface area contributed by atoms with Crippen LogP contribution >= 0.6 is 0 Å². The number of nitrogens with zero attached hydrogens (tertiary/aromatic N) is 1. The third kappa shape index (κ3) is 2.10. The van der Waals surface area contributed by atoms with Gasteiger partial charge in [0.1, 0.15) is 0 Å². The highest BCUT2D eigenvalue weighted by atomic mass is 15.1. The number of anilines is 1. The molecule has 0 amide bonds. The Kier molecular flexibility index (Phi) is 3.27. The zero-order chi connectivity index (χ0) is 14.3. The lowest BCUT2D eigenvalue weighted by molar-refractivity contribution is 0.593. The van der Waals surface area contributed by atoms with E-state index in [2.05, 4.69) is 68.3 Å². The molecule has 0 aromatic heterocycles. The molecule has 2 N–H and O–H groups in total. The van der Waals surface area contributed by atoms with Gasteiger partial charge in [-0.2, -0.15) is 0 Å². The Bertz CT molecular complexity index is 633. The Hall–Kier alpha value is -1.80. The molecule has 0 saturated heterocycles. The number of hydrogen-bond donors (Lipinski definition) is 1. The molecule has 0 aliphatic heterocycles. The molecule has 0 spiro atoms. The molecule has 2 heteroatoms. The summed E-state index contributed by atoms with van der Waals surface area (Å²) in [5.41, 5.74) is 12.9. The van der Waals surface area contributed by atoms with Gasteiger partial charge in [0.2, 0.25) is 0 Å². The second-order valence-corrected chi connectivity index (χ2v) is 5.89. The lowest BCUT2D eigenvalue weighted by atomic mass is 10.0. The summed E-state index contributed by atoms with van der Waals surface area (Å²) in [6.07, 6.45) is 0.989. The zero-order valence-electron chi connectivity index (χ0n) is 12.4. The minimum absolute atomic E-state index is 0.157. The Morgan fingerprint density at radius 1 is 1.05 bits per heavy atom. The molecule has 20 heavy (non-hydrogen) atoms. The highest BCUT2D eigenvalue weighted by molar-refractivity contribution is 5.57. The van der Waals surface area contributed by atoms with E-state index in [1.165, 1.54) is 27.9 Å². The van der Waals surface area contributed by atoms with Crippen LogP contribution in [0.1, 0.15) is 40.8 Å². The molecule has 2 aromatic carbocycles. The fraction of sp³-hybridized carbons (Fsp3) is 0.333. The Balaban J connectivity index is 1.98. The molecule has 0 heterocycles. The van der Waals surface area contributed by atoms with Crippen LogP contribution in [0.5, 0.6) is 0 Å². The van der Waals surface area contributed by atoms with E-state index < -0.39 is 0 Å². The summed E-state index contributed by atoms with van der Waals surface area (Å²) >= 11 is 0. The van der Waals surface area contributed by atoms with Gasteiger partial charge in [-0.05, 0) is 43.0 Å². The van der Waals surface area contributed by atoms with Crippen molar-refractivity contribution in [2.45, 2.75) is 32.4 Å². The zero-order valence-corrected chi connectivity index (χ0v) is 12.4. The quantitative estimate of drug-likeness (QED) is 0.893. The second-order valence-electron chi connectivity index (χ2n) is 5.89. The minimum Gasteiger partial charge on any atom is -0.367 e. The molecule has 104 valence electrons. The molecule has 0 bridgehead atoms. The average molecular weight is 266 g/mol. The van der Waals surface area contributed by atoms with Crippen LogP contribution in [0.25, 0.3) is 0 Å². The maximum atomic E-state index is 6.29. The Morgan fingerprint density at radius 3 is 2.45 bits per heavy atom. The van der Waals surface area contributed by atoms with Crippen LogP contribution in [0.4, 0.5) is 5.69 Å². The lowest BCUT2D eigenvalue weighted by Gasteiger charge is -2.29. The van der Waals surface area contributed by atoms with E-state index in [1.54, 1.807) is 0 Å². The molecular formula is C18H22N2. The van der Waals surface area contributed by atoms with Crippen LogP contribution in [-0.4, -0.2) is 7.05 Å². The van der Waals surface area contributed by atoms with Gasteiger partial charge >= 0.3 is 0 Å². The Morgan fingerprint density at radius 2 is 1.75 bits per heavy atom. The number of aryl methyl sites for hydroxylation is 2. The Labute approximate surface area is 121 Å². The van der Waals surface area contributed by atoms with Crippen molar-refractivity contribution in [3.05, 3.63) is 64.7 Å². The van der Waals surface area contributed by atoms with Crippen molar-refractivity contribution in [3.63, 3.8) is 0 Å². The van der Waals surface area contributed by atoms with Crippen LogP contribution in [0.15, 0.2) is 42.5 Å². The van der Waals surface area contributed by atoms with Gasteiger partial charge in [-0.15, -0.1) is 0 Å². The van der Waals surface area contributed by atoms with E-state index in [0.29, 0.717) is 6.04 Å². The summed E-state index contributed by atoms with van der Waals surface area (Å²) < 4.78 is 0. The van der Waals surface area contributed by atoms with Gasteiger partial charge in [0, 0.05) is 18.8 Å². The van der Waals surface area contributed by atoms with Gasteiger partial charge in [-0.25, -0.2) is 0 Å². The number of hydrogen-bond acceptors (Lipinski definition) is 2. The third-order valence-corrected chi connectivity index (χ3v) is 4.43. The predicted molar refractivity (Wildman–Crippen MR) is 85.0 cm³/mol. The van der Waals surface area contributed by atoms with Crippen molar-refractivity contribution in [2.24, 2.45) is 5.73 Å². The summed E-state index contributed by atoms with van der Waals surface area (Å²) in [7, 11) is 2.18. The van der Waals surface area contributed by atoms with Gasteiger partial charge < -0.3 is 10.6 Å². The normalized spacial score (nSPS) is 20.8. The number of fused-ring (bicyclic) bond motifs is 1. The summed E-state index contributed by atoms with van der Waals surface area (Å²) in [5, 5.41) is 0. The average Bonchev–Trinajstić information content (AvgIpc) is 2.76. The van der Waals surface area contributed by atoms with E-state index in [-0.39, 0.29) is 6.04 Å². The van der Waals surface area contributed by atoms with Gasteiger partial charge in [0.05, 0.1) is 6.04 Å². The third-order valence-electron chi connectivity index (χ3n) is 4.43. The highest BCUT2D eigenvalue weighted by Crippen LogP contribution is 2.42. The molecule has 0 saturated carbocycles. The number of nitrogens with two attached hydrogens (primary N) is 1. The summed E-state index contributed by atoms with van der Waals surface area (Å²) in [6.45, 7) is 4.32. The van der Waals surface area contributed by atoms with E-state index >= 15 is 0 Å². The summed E-state index contributed by atoms with van der Waals surface area (Å²) in [4.78, 5) is 2.38. The van der Waals surface area contributed by atoms with Crippen molar-refractivity contribution < 1.29 is 0 Å². The first-order valence-electron chi connectivity index (χ1n) is 7.22. The minimum atomic E-state index is 0.157. The van der Waals surface area contributed by atoms with Gasteiger partial charge in [0.15, 0.2) is 0 Å². The van der Waals surface area contributed by atoms with Crippen molar-refractivity contribution in [3.8, 4) is 0 Å². The molecule has 0 fully saturated rings. The molecule has 2 unspecified atom stereocenters. The van der Waals surface area contributed by atoms with Crippen molar-refractivity contribution in [1.82, 2.24) is 0 Å². The molecule has 1 aliphatic carbocycles. The van der Waals surface area contributed by atoms with Crippen LogP contribution in [0, 0.1) is 13.8 Å². The van der Waals surface area contributed by atoms with Gasteiger partial charge in [-0.1, -0.05) is 42.0 Å². The van der Waals surface area contributed by atoms with E-state index in [4.69, 9.17) is 5.73 Å². The van der Waals surface area contributed by atoms with Gasteiger partial charge in [0.25, 0.3) is 0 Å². The molecule has 1 aliphatic rings. The number of benzene rings is 2. The van der Waals surface area contributed by atoms with Gasteiger partial charge in [-0.3, -0.25) is 0 Å². The van der Waals surface area contributed by atoms with E-state index in [0.717, 1.165) is 6.42 Å². The number of rotatable bonds is 2. The standard InChI is InChI=1S/C18H22N2/c1-12-8-9-17(13(2)10-12)20(3)18-11-16(19)14-6-4-5-7-15(14)18/h4-10,16,18H,11,19H2,1-3H3. The van der Waals surface area contributed by atoms with Crippen LogP contribution in [0.2, 0.25) is 0 Å². The van der Waals surface area contributed by atoms with Crippen LogP contribution in [-0.2, 0) is 0 Å². The molecule has 3 rings (SSSR count). The fourth-order valence-corrected chi connectivity index (χ4v) is 3.38. The predicted octanol–water partition coefficient (Wildman–Crippen LogP) is 3.88. The molecule has 0 radical (unpaired) electrons. The van der Waals surface area contributed by atoms with Crippen LogP contribution in [0.3, 0.4) is 0 Å². The topological polar surface area (TPSA) is 29.3 Å². The fourth-order valence-electron chi connectivity index (χ4n) is 3.38. The monoisotopic (exact) mass is 266 g/mol. The van der Waals surface area contributed by atoms with Crippen LogP contribution < -0.4 is 10.6 Å². The smallest absolute Gasteiger partial charge is 0.0560 e. The van der Waals surface area contributed by atoms with Crippen molar-refractivity contribution in [1.29, 1.82) is 0 Å². The molecular weight excluding hydrogens is 244 g/mol. The maximum Gasteiger partial charge on any atom is 0.0560 e. The van der Waals surface area contributed by atoms with E-state index in [1.807, 2.05) is 0 Å². The molecule has 2 atom stereocenters. The molecule has 2 aromatic rings.